The first kappa shape index (κ1) is 13.8. The number of hydrogen-bond donors (Lipinski definition) is 2. The van der Waals surface area contributed by atoms with Gasteiger partial charge in [-0.25, -0.2) is 0 Å². The van der Waals surface area contributed by atoms with Gasteiger partial charge in [0.05, 0.1) is 10.4 Å². The summed E-state index contributed by atoms with van der Waals surface area (Å²) < 4.78 is 0. The van der Waals surface area contributed by atoms with Crippen molar-refractivity contribution in [3.8, 4) is 0 Å². The van der Waals surface area contributed by atoms with Gasteiger partial charge in [0.25, 0.3) is 11.6 Å². The number of hydrogen-bond acceptors (Lipinski definition) is 7. The van der Waals surface area contributed by atoms with Gasteiger partial charge in [0.15, 0.2) is 5.69 Å². The molecule has 0 bridgehead atoms. The maximum atomic E-state index is 12.3. The number of amides is 1. The first-order chi connectivity index (χ1) is 11.1. The van der Waals surface area contributed by atoms with E-state index in [1.807, 2.05) is 0 Å². The van der Waals surface area contributed by atoms with Crippen LogP contribution in [0, 0.1) is 10.1 Å². The Morgan fingerprint density at radius 1 is 1.39 bits per heavy atom. The molecule has 2 N–H and O–H groups in total. The SMILES string of the molecule is O=C(Nc1nnc(C2CC2)s1)c1n[nH]c2ccc([N+](=O)[O-])cc12. The lowest BCUT2D eigenvalue weighted by Crippen LogP contribution is -2.12. The lowest BCUT2D eigenvalue weighted by molar-refractivity contribution is -0.384. The zero-order valence-corrected chi connectivity index (χ0v) is 12.5. The van der Waals surface area contributed by atoms with Crippen molar-refractivity contribution < 1.29 is 9.72 Å². The Hall–Kier alpha value is -2.88. The Morgan fingerprint density at radius 2 is 2.22 bits per heavy atom. The van der Waals surface area contributed by atoms with Gasteiger partial charge in [-0.05, 0) is 18.9 Å². The lowest BCUT2D eigenvalue weighted by Gasteiger charge is -1.98. The van der Waals surface area contributed by atoms with Crippen molar-refractivity contribution in [2.24, 2.45) is 0 Å². The van der Waals surface area contributed by atoms with E-state index in [0.717, 1.165) is 17.8 Å². The van der Waals surface area contributed by atoms with Crippen LogP contribution in [0.5, 0.6) is 0 Å². The molecule has 2 heterocycles. The summed E-state index contributed by atoms with van der Waals surface area (Å²) in [6.07, 6.45) is 2.21. The zero-order chi connectivity index (χ0) is 16.0. The number of nitrogens with one attached hydrogen (secondary N) is 2. The van der Waals surface area contributed by atoms with Crippen LogP contribution < -0.4 is 5.32 Å². The molecule has 0 spiro atoms. The van der Waals surface area contributed by atoms with Gasteiger partial charge in [0.2, 0.25) is 5.13 Å². The first-order valence-corrected chi connectivity index (χ1v) is 7.71. The third kappa shape index (κ3) is 2.52. The molecule has 3 aromatic rings. The topological polar surface area (TPSA) is 127 Å². The summed E-state index contributed by atoms with van der Waals surface area (Å²) in [4.78, 5) is 22.7. The summed E-state index contributed by atoms with van der Waals surface area (Å²) in [6.45, 7) is 0. The monoisotopic (exact) mass is 330 g/mol. The molecule has 1 aromatic carbocycles. The molecular weight excluding hydrogens is 320 g/mol. The van der Waals surface area contributed by atoms with E-state index >= 15 is 0 Å². The molecule has 23 heavy (non-hydrogen) atoms. The maximum absolute atomic E-state index is 12.3. The number of carbonyl (C=O) groups is 1. The van der Waals surface area contributed by atoms with Gasteiger partial charge in [0.1, 0.15) is 5.01 Å². The van der Waals surface area contributed by atoms with Gasteiger partial charge in [0, 0.05) is 23.4 Å². The highest BCUT2D eigenvalue weighted by molar-refractivity contribution is 7.15. The minimum Gasteiger partial charge on any atom is -0.295 e. The molecule has 1 saturated carbocycles. The molecule has 1 fully saturated rings. The van der Waals surface area contributed by atoms with Crippen molar-refractivity contribution in [3.63, 3.8) is 0 Å². The van der Waals surface area contributed by atoms with E-state index in [0.29, 0.717) is 22.0 Å². The average molecular weight is 330 g/mol. The van der Waals surface area contributed by atoms with Gasteiger partial charge in [-0.15, -0.1) is 10.2 Å². The normalized spacial score (nSPS) is 14.1. The predicted molar refractivity (Wildman–Crippen MR) is 82.6 cm³/mol. The maximum Gasteiger partial charge on any atom is 0.278 e. The van der Waals surface area contributed by atoms with Crippen molar-refractivity contribution in [1.29, 1.82) is 0 Å². The summed E-state index contributed by atoms with van der Waals surface area (Å²) >= 11 is 1.34. The second kappa shape index (κ2) is 5.09. The average Bonchev–Trinajstić information content (AvgIpc) is 3.13. The van der Waals surface area contributed by atoms with Crippen LogP contribution in [0.2, 0.25) is 0 Å². The van der Waals surface area contributed by atoms with Gasteiger partial charge < -0.3 is 0 Å². The Morgan fingerprint density at radius 3 is 2.96 bits per heavy atom. The molecule has 1 aliphatic carbocycles. The summed E-state index contributed by atoms with van der Waals surface area (Å²) in [7, 11) is 0. The summed E-state index contributed by atoms with van der Waals surface area (Å²) in [6, 6.07) is 4.20. The highest BCUT2D eigenvalue weighted by Crippen LogP contribution is 2.42. The molecule has 4 rings (SSSR count). The molecule has 0 unspecified atom stereocenters. The molecule has 10 heteroatoms. The number of fused-ring (bicyclic) bond motifs is 1. The van der Waals surface area contributed by atoms with E-state index in [4.69, 9.17) is 0 Å². The predicted octanol–water partition coefficient (Wildman–Crippen LogP) is 2.45. The summed E-state index contributed by atoms with van der Waals surface area (Å²) in [5, 5.41) is 29.8. The number of carbonyl (C=O) groups excluding carboxylic acids is 1. The minimum atomic E-state index is -0.513. The molecule has 116 valence electrons. The second-order valence-electron chi connectivity index (χ2n) is 5.23. The molecule has 0 aliphatic heterocycles. The van der Waals surface area contributed by atoms with Gasteiger partial charge in [-0.2, -0.15) is 5.10 Å². The van der Waals surface area contributed by atoms with Crippen LogP contribution in [0.4, 0.5) is 10.8 Å². The van der Waals surface area contributed by atoms with E-state index in [1.165, 1.54) is 29.5 Å². The van der Waals surface area contributed by atoms with Crippen molar-refractivity contribution in [2.75, 3.05) is 5.32 Å². The molecule has 9 nitrogen and oxygen atoms in total. The minimum absolute atomic E-state index is 0.0897. The number of aromatic amines is 1. The van der Waals surface area contributed by atoms with Crippen molar-refractivity contribution >= 4 is 39.0 Å². The number of nitro groups is 1. The highest BCUT2D eigenvalue weighted by atomic mass is 32.1. The van der Waals surface area contributed by atoms with Gasteiger partial charge in [-0.3, -0.25) is 25.3 Å². The number of aromatic nitrogens is 4. The van der Waals surface area contributed by atoms with Crippen LogP contribution in [0.25, 0.3) is 10.9 Å². The number of nitrogens with zero attached hydrogens (tertiary/aromatic N) is 4. The second-order valence-corrected chi connectivity index (χ2v) is 6.24. The fraction of sp³-hybridized carbons (Fsp3) is 0.231. The van der Waals surface area contributed by atoms with E-state index in [1.54, 1.807) is 0 Å². The first-order valence-electron chi connectivity index (χ1n) is 6.89. The number of nitro benzene ring substituents is 1. The Kier molecular flexibility index (Phi) is 3.05. The third-order valence-corrected chi connectivity index (χ3v) is 4.56. The molecular formula is C13H10N6O3S. The number of anilines is 1. The highest BCUT2D eigenvalue weighted by Gasteiger charge is 2.28. The van der Waals surface area contributed by atoms with Crippen LogP contribution in [-0.2, 0) is 0 Å². The van der Waals surface area contributed by atoms with Gasteiger partial charge >= 0.3 is 0 Å². The van der Waals surface area contributed by atoms with E-state index in [9.17, 15) is 14.9 Å². The molecule has 2 aromatic heterocycles. The van der Waals surface area contributed by atoms with Crippen LogP contribution in [0.3, 0.4) is 0 Å². The van der Waals surface area contributed by atoms with E-state index in [2.05, 4.69) is 25.7 Å². The Bertz CT molecular complexity index is 929. The fourth-order valence-corrected chi connectivity index (χ4v) is 3.13. The number of H-pyrrole nitrogens is 1. The molecule has 1 amide bonds. The van der Waals surface area contributed by atoms with Crippen LogP contribution >= 0.6 is 11.3 Å². The number of rotatable bonds is 4. The number of non-ortho nitro benzene ring substituents is 1. The smallest absolute Gasteiger partial charge is 0.278 e. The summed E-state index contributed by atoms with van der Waals surface area (Å²) in [5.74, 6) is -0.0118. The third-order valence-electron chi connectivity index (χ3n) is 3.56. The van der Waals surface area contributed by atoms with E-state index < -0.39 is 10.8 Å². The fourth-order valence-electron chi connectivity index (χ4n) is 2.23. The molecule has 0 radical (unpaired) electrons. The van der Waals surface area contributed by atoms with Crippen molar-refractivity contribution in [1.82, 2.24) is 20.4 Å². The van der Waals surface area contributed by atoms with Gasteiger partial charge in [-0.1, -0.05) is 11.3 Å². The summed E-state index contributed by atoms with van der Waals surface area (Å²) in [5.41, 5.74) is 0.545. The Labute approximate surface area is 132 Å². The standard InChI is InChI=1S/C13H10N6O3S/c20-11(14-13-18-17-12(23-13)6-1-2-6)10-8-5-7(19(21)22)3-4-9(8)15-16-10/h3-6H,1-2H2,(H,15,16)(H,14,18,20). The van der Waals surface area contributed by atoms with Crippen LogP contribution in [-0.4, -0.2) is 31.2 Å². The van der Waals surface area contributed by atoms with Crippen LogP contribution in [0.15, 0.2) is 18.2 Å². The molecule has 0 saturated heterocycles. The molecule has 1 aliphatic rings. The van der Waals surface area contributed by atoms with E-state index in [-0.39, 0.29) is 11.4 Å². The number of benzene rings is 1. The van der Waals surface area contributed by atoms with Crippen LogP contribution in [0.1, 0.15) is 34.3 Å². The quantitative estimate of drug-likeness (QED) is 0.559. The van der Waals surface area contributed by atoms with Crippen molar-refractivity contribution in [2.45, 2.75) is 18.8 Å². The molecule has 0 atom stereocenters. The lowest BCUT2D eigenvalue weighted by atomic mass is 10.2. The Balaban J connectivity index is 1.62. The largest absolute Gasteiger partial charge is 0.295 e. The van der Waals surface area contributed by atoms with Crippen molar-refractivity contribution in [3.05, 3.63) is 39.0 Å². The zero-order valence-electron chi connectivity index (χ0n) is 11.6.